The minimum atomic E-state index is 0.0424. The monoisotopic (exact) mass is 680 g/mol. The molecule has 1 aromatic carbocycles. The van der Waals surface area contributed by atoms with Crippen LogP contribution in [0.5, 0.6) is 11.5 Å². The second kappa shape index (κ2) is 10.5. The van der Waals surface area contributed by atoms with Gasteiger partial charge in [0.1, 0.15) is 25.4 Å². The van der Waals surface area contributed by atoms with Crippen LogP contribution in [0.3, 0.4) is 0 Å². The molecule has 14 fully saturated rings. The van der Waals surface area contributed by atoms with Crippen LogP contribution in [0.25, 0.3) is 0 Å². The highest BCUT2D eigenvalue weighted by atomic mass is 16.6. The van der Waals surface area contributed by atoms with Crippen molar-refractivity contribution in [3.05, 3.63) is 22.3 Å². The largest absolute Gasteiger partial charge is 0.487 e. The van der Waals surface area contributed by atoms with Gasteiger partial charge in [-0.15, -0.1) is 0 Å². The van der Waals surface area contributed by atoms with Crippen LogP contribution in [-0.2, 0) is 31.1 Å². The van der Waals surface area contributed by atoms with Gasteiger partial charge >= 0.3 is 0 Å². The molecule has 4 nitrogen and oxygen atoms in total. The molecule has 0 amide bonds. The van der Waals surface area contributed by atoms with Gasteiger partial charge in [0, 0.05) is 22.0 Å². The third kappa shape index (κ3) is 4.73. The first kappa shape index (κ1) is 31.1. The third-order valence-corrected chi connectivity index (χ3v) is 17.5. The molecule has 2 unspecified atom stereocenters. The first-order valence-corrected chi connectivity index (χ1v) is 21.9. The van der Waals surface area contributed by atoms with E-state index in [9.17, 15) is 0 Å². The quantitative estimate of drug-likeness (QED) is 0.244. The smallest absolute Gasteiger partial charge is 0.165 e. The second-order valence-corrected chi connectivity index (χ2v) is 22.5. The van der Waals surface area contributed by atoms with E-state index in [2.05, 4.69) is 20.8 Å². The Bertz CT molecular complexity index is 1470. The van der Waals surface area contributed by atoms with Crippen LogP contribution in [0.4, 0.5) is 0 Å². The van der Waals surface area contributed by atoms with Gasteiger partial charge in [0.15, 0.2) is 11.5 Å². The standard InChI is InChI=1S/C46H64O4/c1-43(2,3)37-38(44-13-26-4-27(14-44)6-28(5-26)15-44)40(46-19-32-10-33(20-46)12-34(11-32)21-46)42(50-25-36-23-48-36)41(49-24-35-22-47-35)39(37)45-16-29-7-30(17-45)9-31(8-29)18-45/h26-36H,4-25H2,1-3H3. The van der Waals surface area contributed by atoms with Gasteiger partial charge in [0.25, 0.3) is 0 Å². The van der Waals surface area contributed by atoms with E-state index >= 15 is 0 Å². The van der Waals surface area contributed by atoms with Gasteiger partial charge in [-0.2, -0.15) is 0 Å². The van der Waals surface area contributed by atoms with Crippen LogP contribution in [0.1, 0.15) is 159 Å². The van der Waals surface area contributed by atoms with Gasteiger partial charge in [-0.1, -0.05) is 20.8 Å². The normalized spacial score (nSPS) is 49.9. The zero-order valence-electron chi connectivity index (χ0n) is 31.5. The number of hydrogen-bond acceptors (Lipinski definition) is 4. The average Bonchev–Trinajstić information content (AvgIpc) is 3.96. The van der Waals surface area contributed by atoms with E-state index in [1.54, 1.807) is 16.7 Å². The van der Waals surface area contributed by atoms with Crippen LogP contribution in [0.2, 0.25) is 0 Å². The van der Waals surface area contributed by atoms with Crippen molar-refractivity contribution in [1.82, 2.24) is 0 Å². The van der Waals surface area contributed by atoms with Crippen molar-refractivity contribution >= 4 is 0 Å². The minimum Gasteiger partial charge on any atom is -0.487 e. The molecule has 0 radical (unpaired) electrons. The van der Waals surface area contributed by atoms with Crippen molar-refractivity contribution in [3.8, 4) is 11.5 Å². The SMILES string of the molecule is CC(C)(C)c1c(C23CC4CC(CC(C4)C2)C3)c(OCC2CO2)c(OCC2CO2)c(C23CC4CC(CC(C4)C2)C3)c1C12CC3CC(CC(C3)C1)C2. The lowest BCUT2D eigenvalue weighted by atomic mass is 9.42. The number of benzene rings is 1. The summed E-state index contributed by atoms with van der Waals surface area (Å²) in [5.74, 6) is 10.6. The summed E-state index contributed by atoms with van der Waals surface area (Å²) < 4.78 is 26.8. The zero-order valence-corrected chi connectivity index (χ0v) is 31.5. The summed E-state index contributed by atoms with van der Waals surface area (Å²) in [5.41, 5.74) is 7.89. The molecule has 0 N–H and O–H groups in total. The van der Waals surface area contributed by atoms with Crippen LogP contribution >= 0.6 is 0 Å². The van der Waals surface area contributed by atoms with E-state index in [0.717, 1.165) is 66.5 Å². The third-order valence-electron chi connectivity index (χ3n) is 17.5. The molecule has 2 aliphatic heterocycles. The molecule has 4 heteroatoms. The van der Waals surface area contributed by atoms with Crippen LogP contribution in [0.15, 0.2) is 0 Å². The lowest BCUT2D eigenvalue weighted by molar-refractivity contribution is -0.0211. The first-order valence-electron chi connectivity index (χ1n) is 21.9. The second-order valence-electron chi connectivity index (χ2n) is 22.5. The number of ether oxygens (including phenoxy) is 4. The van der Waals surface area contributed by atoms with Crippen LogP contribution < -0.4 is 9.47 Å². The molecule has 0 aromatic heterocycles. The number of epoxide rings is 2. The fraction of sp³-hybridized carbons (Fsp3) is 0.870. The van der Waals surface area contributed by atoms with Gasteiger partial charge in [0.2, 0.25) is 0 Å². The average molecular weight is 681 g/mol. The maximum absolute atomic E-state index is 7.52. The molecular weight excluding hydrogens is 617 g/mol. The molecule has 0 spiro atoms. The van der Waals surface area contributed by atoms with E-state index < -0.39 is 0 Å². The van der Waals surface area contributed by atoms with E-state index in [-0.39, 0.29) is 28.5 Å². The molecular formula is C46H64O4. The summed E-state index contributed by atoms with van der Waals surface area (Å²) in [6.07, 6.45) is 26.5. The molecule has 12 saturated carbocycles. The molecule has 14 aliphatic rings. The molecule has 15 rings (SSSR count). The highest BCUT2D eigenvalue weighted by Crippen LogP contribution is 2.72. The maximum Gasteiger partial charge on any atom is 0.165 e. The van der Waals surface area contributed by atoms with E-state index in [0.29, 0.717) is 18.6 Å². The number of rotatable bonds is 9. The van der Waals surface area contributed by atoms with Gasteiger partial charge in [-0.25, -0.2) is 0 Å². The predicted octanol–water partition coefficient (Wildman–Crippen LogP) is 9.94. The molecule has 12 aliphatic carbocycles. The Morgan fingerprint density at radius 3 is 1.04 bits per heavy atom. The van der Waals surface area contributed by atoms with E-state index in [4.69, 9.17) is 18.9 Å². The highest BCUT2D eigenvalue weighted by Gasteiger charge is 2.62. The molecule has 1 aromatic rings. The maximum atomic E-state index is 7.52. The molecule has 272 valence electrons. The minimum absolute atomic E-state index is 0.0424. The molecule has 2 heterocycles. The first-order chi connectivity index (χ1) is 24.1. The summed E-state index contributed by atoms with van der Waals surface area (Å²) in [4.78, 5) is 0. The van der Waals surface area contributed by atoms with Gasteiger partial charge in [-0.3, -0.25) is 0 Å². The van der Waals surface area contributed by atoms with Crippen molar-refractivity contribution in [2.75, 3.05) is 26.4 Å². The van der Waals surface area contributed by atoms with Crippen molar-refractivity contribution in [3.63, 3.8) is 0 Å². The predicted molar refractivity (Wildman–Crippen MR) is 195 cm³/mol. The molecule has 2 saturated heterocycles. The van der Waals surface area contributed by atoms with E-state index in [1.165, 1.54) is 127 Å². The Balaban J connectivity index is 1.18. The summed E-state index contributed by atoms with van der Waals surface area (Å²) in [6.45, 7) is 10.9. The Morgan fingerprint density at radius 1 is 0.460 bits per heavy atom. The van der Waals surface area contributed by atoms with Crippen molar-refractivity contribution < 1.29 is 18.9 Å². The van der Waals surface area contributed by atoms with Gasteiger partial charge in [0.05, 0.1) is 13.2 Å². The van der Waals surface area contributed by atoms with Crippen molar-refractivity contribution in [2.45, 2.75) is 170 Å². The summed E-state index contributed by atoms with van der Waals surface area (Å²) in [6, 6.07) is 0. The Morgan fingerprint density at radius 2 is 0.740 bits per heavy atom. The van der Waals surface area contributed by atoms with Crippen LogP contribution in [-0.4, -0.2) is 38.6 Å². The Kier molecular flexibility index (Phi) is 6.53. The fourth-order valence-corrected chi connectivity index (χ4v) is 17.2. The molecule has 50 heavy (non-hydrogen) atoms. The van der Waals surface area contributed by atoms with Crippen LogP contribution in [0, 0.1) is 53.3 Å². The fourth-order valence-electron chi connectivity index (χ4n) is 17.2. The molecule has 2 atom stereocenters. The Labute approximate surface area is 301 Å². The highest BCUT2D eigenvalue weighted by molar-refractivity contribution is 5.69. The summed E-state index contributed by atoms with van der Waals surface area (Å²) in [7, 11) is 0. The number of hydrogen-bond donors (Lipinski definition) is 0. The Hall–Kier alpha value is -1.26. The van der Waals surface area contributed by atoms with Crippen molar-refractivity contribution in [1.29, 1.82) is 0 Å². The lowest BCUT2D eigenvalue weighted by Gasteiger charge is -2.63. The van der Waals surface area contributed by atoms with Crippen molar-refractivity contribution in [2.24, 2.45) is 53.3 Å². The molecule has 12 bridgehead atoms. The van der Waals surface area contributed by atoms with E-state index in [1.807, 2.05) is 5.56 Å². The zero-order chi connectivity index (χ0) is 33.2. The summed E-state index contributed by atoms with van der Waals surface area (Å²) >= 11 is 0. The van der Waals surface area contributed by atoms with Gasteiger partial charge in [-0.05, 0) is 191 Å². The lowest BCUT2D eigenvalue weighted by Crippen LogP contribution is -2.54. The van der Waals surface area contributed by atoms with Gasteiger partial charge < -0.3 is 18.9 Å². The topological polar surface area (TPSA) is 43.5 Å². The summed E-state index contributed by atoms with van der Waals surface area (Å²) in [5, 5.41) is 0.